The van der Waals surface area contributed by atoms with Crippen LogP contribution in [0.25, 0.3) is 0 Å². The molecule has 1 aromatic carbocycles. The Morgan fingerprint density at radius 1 is 1.26 bits per heavy atom. The Bertz CT molecular complexity index is 723. The SMILES string of the molecule is COC(=O)c1ccc(NC(=O)NCc2nnc3n2CCC3)cc1. The zero-order valence-electron chi connectivity index (χ0n) is 12.7. The van der Waals surface area contributed by atoms with Crippen molar-refractivity contribution in [1.29, 1.82) is 0 Å². The number of nitrogens with zero attached hydrogens (tertiary/aromatic N) is 3. The fraction of sp³-hybridized carbons (Fsp3) is 0.333. The van der Waals surface area contributed by atoms with Crippen molar-refractivity contribution in [2.45, 2.75) is 25.9 Å². The van der Waals surface area contributed by atoms with E-state index >= 15 is 0 Å². The monoisotopic (exact) mass is 315 g/mol. The van der Waals surface area contributed by atoms with Crippen LogP contribution in [-0.2, 0) is 24.2 Å². The molecule has 0 radical (unpaired) electrons. The van der Waals surface area contributed by atoms with E-state index in [9.17, 15) is 9.59 Å². The summed E-state index contributed by atoms with van der Waals surface area (Å²) >= 11 is 0. The summed E-state index contributed by atoms with van der Waals surface area (Å²) in [7, 11) is 1.32. The normalized spacial score (nSPS) is 12.6. The summed E-state index contributed by atoms with van der Waals surface area (Å²) in [5.41, 5.74) is 1.01. The Kier molecular flexibility index (Phi) is 4.22. The number of fused-ring (bicyclic) bond motifs is 1. The first kappa shape index (κ1) is 15.0. The van der Waals surface area contributed by atoms with E-state index in [-0.39, 0.29) is 6.03 Å². The van der Waals surface area contributed by atoms with Crippen molar-refractivity contribution in [2.24, 2.45) is 0 Å². The van der Waals surface area contributed by atoms with Crippen LogP contribution >= 0.6 is 0 Å². The number of rotatable bonds is 4. The first-order valence-corrected chi connectivity index (χ1v) is 7.31. The molecule has 2 amide bonds. The van der Waals surface area contributed by atoms with E-state index < -0.39 is 5.97 Å². The predicted molar refractivity (Wildman–Crippen MR) is 82.0 cm³/mol. The molecule has 1 aromatic heterocycles. The number of methoxy groups -OCH3 is 1. The van der Waals surface area contributed by atoms with Gasteiger partial charge in [0.1, 0.15) is 5.82 Å². The molecule has 0 atom stereocenters. The summed E-state index contributed by atoms with van der Waals surface area (Å²) in [6.45, 7) is 1.22. The fourth-order valence-corrected chi connectivity index (χ4v) is 2.48. The molecule has 0 spiro atoms. The van der Waals surface area contributed by atoms with Crippen molar-refractivity contribution >= 4 is 17.7 Å². The van der Waals surface area contributed by atoms with Crippen LogP contribution in [0.5, 0.6) is 0 Å². The average molecular weight is 315 g/mol. The Morgan fingerprint density at radius 3 is 2.78 bits per heavy atom. The Labute approximate surface area is 132 Å². The van der Waals surface area contributed by atoms with Gasteiger partial charge in [-0.3, -0.25) is 0 Å². The molecular formula is C15H17N5O3. The van der Waals surface area contributed by atoms with Gasteiger partial charge in [-0.05, 0) is 30.7 Å². The van der Waals surface area contributed by atoms with Gasteiger partial charge in [0.15, 0.2) is 5.82 Å². The number of nitrogens with one attached hydrogen (secondary N) is 2. The summed E-state index contributed by atoms with van der Waals surface area (Å²) in [6.07, 6.45) is 2.00. The number of benzene rings is 1. The molecule has 2 aromatic rings. The maximum Gasteiger partial charge on any atom is 0.337 e. The molecule has 0 saturated carbocycles. The minimum absolute atomic E-state index is 0.319. The van der Waals surface area contributed by atoms with Crippen LogP contribution in [0.15, 0.2) is 24.3 Å². The Morgan fingerprint density at radius 2 is 2.04 bits per heavy atom. The minimum atomic E-state index is -0.415. The number of carbonyl (C=O) groups is 2. The fourth-order valence-electron chi connectivity index (χ4n) is 2.48. The van der Waals surface area contributed by atoms with Crippen molar-refractivity contribution in [1.82, 2.24) is 20.1 Å². The van der Waals surface area contributed by atoms with Gasteiger partial charge in [-0.1, -0.05) is 0 Å². The molecule has 2 N–H and O–H groups in total. The highest BCUT2D eigenvalue weighted by molar-refractivity contribution is 5.92. The Balaban J connectivity index is 1.54. The number of aryl methyl sites for hydroxylation is 1. The third-order valence-corrected chi connectivity index (χ3v) is 3.66. The number of urea groups is 1. The third-order valence-electron chi connectivity index (χ3n) is 3.66. The van der Waals surface area contributed by atoms with Crippen molar-refractivity contribution < 1.29 is 14.3 Å². The standard InChI is InChI=1S/C15H17N5O3/c1-23-14(21)10-4-6-11(7-5-10)17-15(22)16-9-13-19-18-12-3-2-8-20(12)13/h4-7H,2-3,8-9H2,1H3,(H2,16,17,22). The molecule has 0 bridgehead atoms. The van der Waals surface area contributed by atoms with E-state index in [0.717, 1.165) is 31.0 Å². The molecular weight excluding hydrogens is 298 g/mol. The van der Waals surface area contributed by atoms with Crippen molar-refractivity contribution in [3.05, 3.63) is 41.5 Å². The van der Waals surface area contributed by atoms with Gasteiger partial charge in [-0.2, -0.15) is 0 Å². The van der Waals surface area contributed by atoms with Crippen LogP contribution in [0.1, 0.15) is 28.4 Å². The van der Waals surface area contributed by atoms with Gasteiger partial charge in [-0.25, -0.2) is 9.59 Å². The summed E-state index contributed by atoms with van der Waals surface area (Å²) in [4.78, 5) is 23.2. The molecule has 23 heavy (non-hydrogen) atoms. The number of esters is 1. The highest BCUT2D eigenvalue weighted by Crippen LogP contribution is 2.14. The van der Waals surface area contributed by atoms with Crippen LogP contribution in [0, 0.1) is 0 Å². The molecule has 0 fully saturated rings. The van der Waals surface area contributed by atoms with E-state index in [4.69, 9.17) is 0 Å². The smallest absolute Gasteiger partial charge is 0.337 e. The number of ether oxygens (including phenoxy) is 1. The summed E-state index contributed by atoms with van der Waals surface area (Å²) in [5.74, 6) is 1.32. The molecule has 1 aliphatic rings. The molecule has 120 valence electrons. The molecule has 0 saturated heterocycles. The van der Waals surface area contributed by atoms with Gasteiger partial charge in [-0.15, -0.1) is 10.2 Å². The molecule has 1 aliphatic heterocycles. The van der Waals surface area contributed by atoms with Crippen LogP contribution in [0.2, 0.25) is 0 Å². The van der Waals surface area contributed by atoms with Gasteiger partial charge in [0.25, 0.3) is 0 Å². The lowest BCUT2D eigenvalue weighted by atomic mass is 10.2. The zero-order chi connectivity index (χ0) is 16.2. The van der Waals surface area contributed by atoms with Crippen molar-refractivity contribution in [3.8, 4) is 0 Å². The lowest BCUT2D eigenvalue weighted by Gasteiger charge is -2.08. The van der Waals surface area contributed by atoms with Crippen LogP contribution in [0.3, 0.4) is 0 Å². The second-order valence-electron chi connectivity index (χ2n) is 5.16. The maximum atomic E-state index is 11.9. The predicted octanol–water partition coefficient (Wildman–Crippen LogP) is 1.33. The number of anilines is 1. The summed E-state index contributed by atoms with van der Waals surface area (Å²) in [6, 6.07) is 6.12. The highest BCUT2D eigenvalue weighted by Gasteiger charge is 2.17. The topological polar surface area (TPSA) is 98.1 Å². The van der Waals surface area contributed by atoms with E-state index in [0.29, 0.717) is 17.8 Å². The third kappa shape index (κ3) is 3.31. The second-order valence-corrected chi connectivity index (χ2v) is 5.16. The number of hydrogen-bond donors (Lipinski definition) is 2. The van der Waals surface area contributed by atoms with E-state index in [1.54, 1.807) is 24.3 Å². The molecule has 3 rings (SSSR count). The molecule has 0 unspecified atom stereocenters. The summed E-state index contributed by atoms with van der Waals surface area (Å²) < 4.78 is 6.65. The van der Waals surface area contributed by atoms with Crippen molar-refractivity contribution in [2.75, 3.05) is 12.4 Å². The van der Waals surface area contributed by atoms with Crippen molar-refractivity contribution in [3.63, 3.8) is 0 Å². The van der Waals surface area contributed by atoms with E-state index in [1.165, 1.54) is 7.11 Å². The van der Waals surface area contributed by atoms with Crippen LogP contribution < -0.4 is 10.6 Å². The van der Waals surface area contributed by atoms with E-state index in [1.807, 2.05) is 4.57 Å². The number of carbonyl (C=O) groups excluding carboxylic acids is 2. The van der Waals surface area contributed by atoms with Gasteiger partial charge in [0.2, 0.25) is 0 Å². The molecule has 2 heterocycles. The zero-order valence-corrected chi connectivity index (χ0v) is 12.7. The van der Waals surface area contributed by atoms with Crippen LogP contribution in [0.4, 0.5) is 10.5 Å². The van der Waals surface area contributed by atoms with Gasteiger partial charge >= 0.3 is 12.0 Å². The van der Waals surface area contributed by atoms with Crippen LogP contribution in [-0.4, -0.2) is 33.9 Å². The summed E-state index contributed by atoms with van der Waals surface area (Å²) in [5, 5.41) is 13.6. The lowest BCUT2D eigenvalue weighted by molar-refractivity contribution is 0.0601. The molecule has 8 nitrogen and oxygen atoms in total. The highest BCUT2D eigenvalue weighted by atomic mass is 16.5. The number of aromatic nitrogens is 3. The number of amides is 2. The number of hydrogen-bond acceptors (Lipinski definition) is 5. The quantitative estimate of drug-likeness (QED) is 0.830. The van der Waals surface area contributed by atoms with Gasteiger partial charge < -0.3 is 19.9 Å². The van der Waals surface area contributed by atoms with E-state index in [2.05, 4.69) is 25.6 Å². The maximum absolute atomic E-state index is 11.9. The first-order chi connectivity index (χ1) is 11.2. The second kappa shape index (κ2) is 6.47. The first-order valence-electron chi connectivity index (χ1n) is 7.31. The largest absolute Gasteiger partial charge is 0.465 e. The molecule has 8 heteroatoms. The Hall–Kier alpha value is -2.90. The molecule has 0 aliphatic carbocycles. The van der Waals surface area contributed by atoms with Gasteiger partial charge in [0, 0.05) is 18.7 Å². The average Bonchev–Trinajstić information content (AvgIpc) is 3.17. The van der Waals surface area contributed by atoms with Gasteiger partial charge in [0.05, 0.1) is 19.2 Å². The minimum Gasteiger partial charge on any atom is -0.465 e. The lowest BCUT2D eigenvalue weighted by Crippen LogP contribution is -2.29.